The first kappa shape index (κ1) is 33.6. The number of pyridine rings is 1. The monoisotopic (exact) mass is 621 g/mol. The number of hydrogen-bond donors (Lipinski definition) is 3. The molecule has 3 aromatic rings. The van der Waals surface area contributed by atoms with E-state index in [9.17, 15) is 23.6 Å². The molecule has 2 aromatic heterocycles. The van der Waals surface area contributed by atoms with Crippen LogP contribution in [0.25, 0.3) is 5.65 Å². The number of halogens is 1. The maximum atomic E-state index is 14.0. The molecule has 0 bridgehead atoms. The second-order valence-electron chi connectivity index (χ2n) is 12.8. The van der Waals surface area contributed by atoms with Crippen LogP contribution in [0, 0.1) is 11.2 Å². The van der Waals surface area contributed by atoms with Gasteiger partial charge in [-0.3, -0.25) is 19.2 Å². The predicted octanol–water partition coefficient (Wildman–Crippen LogP) is 3.25. The van der Waals surface area contributed by atoms with Crippen molar-refractivity contribution in [2.45, 2.75) is 72.0 Å². The lowest BCUT2D eigenvalue weighted by Gasteiger charge is -2.37. The Bertz CT molecular complexity index is 1530. The van der Waals surface area contributed by atoms with Gasteiger partial charge in [-0.15, -0.1) is 0 Å². The number of fused-ring (bicyclic) bond motifs is 1. The number of carbonyl (C=O) groups is 4. The Balaban J connectivity index is 1.59. The number of hydrogen-bond acceptors (Lipinski definition) is 6. The van der Waals surface area contributed by atoms with Gasteiger partial charge >= 0.3 is 0 Å². The van der Waals surface area contributed by atoms with Gasteiger partial charge in [0.1, 0.15) is 23.2 Å². The number of nitrogens with zero attached hydrogens (tertiary/aromatic N) is 4. The minimum absolute atomic E-state index is 0.175. The van der Waals surface area contributed by atoms with Crippen LogP contribution in [0.15, 0.2) is 48.8 Å². The lowest BCUT2D eigenvalue weighted by molar-refractivity contribution is -0.140. The Morgan fingerprint density at radius 3 is 2.44 bits per heavy atom. The zero-order valence-electron chi connectivity index (χ0n) is 26.9. The molecular weight excluding hydrogens is 577 g/mol. The number of imidazole rings is 1. The fourth-order valence-electron chi connectivity index (χ4n) is 5.51. The van der Waals surface area contributed by atoms with Gasteiger partial charge in [0, 0.05) is 45.0 Å². The smallest absolute Gasteiger partial charge is 0.274 e. The molecule has 3 N–H and O–H groups in total. The number of likely N-dealkylation sites (N-methyl/N-ethyl adjacent to an activating group) is 1. The van der Waals surface area contributed by atoms with Crippen molar-refractivity contribution in [2.75, 3.05) is 32.0 Å². The average molecular weight is 622 g/mol. The molecule has 242 valence electrons. The van der Waals surface area contributed by atoms with E-state index in [-0.39, 0.29) is 47.7 Å². The molecule has 12 heteroatoms. The van der Waals surface area contributed by atoms with Crippen LogP contribution < -0.4 is 16.0 Å². The van der Waals surface area contributed by atoms with Crippen LogP contribution in [0.2, 0.25) is 0 Å². The van der Waals surface area contributed by atoms with Crippen molar-refractivity contribution in [3.8, 4) is 0 Å². The third-order valence-electron chi connectivity index (χ3n) is 8.18. The van der Waals surface area contributed by atoms with Crippen LogP contribution in [0.5, 0.6) is 0 Å². The van der Waals surface area contributed by atoms with Crippen LogP contribution >= 0.6 is 0 Å². The summed E-state index contributed by atoms with van der Waals surface area (Å²) in [5.41, 5.74) is 1.67. The quantitative estimate of drug-likeness (QED) is 0.302. The molecule has 4 rings (SSSR count). The normalized spacial score (nSPS) is 16.3. The standard InChI is InChI=1S/C33H44FN7O4/c1-21(35-6)30(43)38-29(33(3,4)5)32(45)41-16-7-8-26(41)19-39(17-15-23-9-11-24(34)12-10-23)31(44)27-20-40-18-25(36-22(2)42)13-14-28(40)37-27/h9-14,18,20-21,26,29,35H,7-8,15-17,19H2,1-6H3,(H,36,42)(H,38,43). The second-order valence-corrected chi connectivity index (χ2v) is 12.8. The molecule has 0 aliphatic carbocycles. The molecule has 3 heterocycles. The summed E-state index contributed by atoms with van der Waals surface area (Å²) >= 11 is 0. The van der Waals surface area contributed by atoms with Gasteiger partial charge in [-0.1, -0.05) is 32.9 Å². The molecule has 45 heavy (non-hydrogen) atoms. The Kier molecular flexibility index (Phi) is 10.6. The average Bonchev–Trinajstić information content (AvgIpc) is 3.63. The lowest BCUT2D eigenvalue weighted by Crippen LogP contribution is -2.59. The van der Waals surface area contributed by atoms with Crippen molar-refractivity contribution in [1.29, 1.82) is 0 Å². The first-order valence-corrected chi connectivity index (χ1v) is 15.3. The molecular formula is C33H44FN7O4. The predicted molar refractivity (Wildman–Crippen MR) is 170 cm³/mol. The summed E-state index contributed by atoms with van der Waals surface area (Å²) in [6.07, 6.45) is 5.27. The van der Waals surface area contributed by atoms with Gasteiger partial charge in [-0.25, -0.2) is 9.37 Å². The highest BCUT2D eigenvalue weighted by atomic mass is 19.1. The number of aromatic nitrogens is 2. The van der Waals surface area contributed by atoms with E-state index in [1.54, 1.807) is 64.8 Å². The minimum Gasteiger partial charge on any atom is -0.342 e. The molecule has 1 aliphatic heterocycles. The van der Waals surface area contributed by atoms with Gasteiger partial charge in [-0.2, -0.15) is 0 Å². The minimum atomic E-state index is -0.749. The zero-order valence-corrected chi connectivity index (χ0v) is 26.9. The van der Waals surface area contributed by atoms with Gasteiger partial charge in [0.05, 0.1) is 11.7 Å². The largest absolute Gasteiger partial charge is 0.342 e. The van der Waals surface area contributed by atoms with Crippen LogP contribution in [0.4, 0.5) is 10.1 Å². The van der Waals surface area contributed by atoms with Gasteiger partial charge in [0.15, 0.2) is 0 Å². The number of anilines is 1. The number of rotatable bonds is 11. The molecule has 0 saturated carbocycles. The molecule has 3 unspecified atom stereocenters. The summed E-state index contributed by atoms with van der Waals surface area (Å²) in [7, 11) is 1.69. The lowest BCUT2D eigenvalue weighted by atomic mass is 9.85. The van der Waals surface area contributed by atoms with Crippen LogP contribution in [0.3, 0.4) is 0 Å². The Morgan fingerprint density at radius 1 is 1.09 bits per heavy atom. The third kappa shape index (κ3) is 8.44. The number of amides is 4. The first-order valence-electron chi connectivity index (χ1n) is 15.3. The summed E-state index contributed by atoms with van der Waals surface area (Å²) in [6, 6.07) is 8.14. The van der Waals surface area contributed by atoms with Crippen molar-refractivity contribution >= 4 is 35.0 Å². The Hall–Kier alpha value is -4.32. The van der Waals surface area contributed by atoms with Gasteiger partial charge in [0.2, 0.25) is 17.7 Å². The maximum absolute atomic E-state index is 14.0. The van der Waals surface area contributed by atoms with Crippen molar-refractivity contribution in [3.63, 3.8) is 0 Å². The summed E-state index contributed by atoms with van der Waals surface area (Å²) in [5, 5.41) is 8.59. The van der Waals surface area contributed by atoms with Gasteiger partial charge in [-0.05, 0) is 68.5 Å². The van der Waals surface area contributed by atoms with Crippen LogP contribution in [0.1, 0.15) is 63.5 Å². The molecule has 0 radical (unpaired) electrons. The van der Waals surface area contributed by atoms with Crippen LogP contribution in [-0.2, 0) is 20.8 Å². The summed E-state index contributed by atoms with van der Waals surface area (Å²) in [4.78, 5) is 60.4. The number of benzene rings is 1. The van der Waals surface area contributed by atoms with Crippen molar-refractivity contribution in [1.82, 2.24) is 29.8 Å². The zero-order chi connectivity index (χ0) is 32.9. The first-order chi connectivity index (χ1) is 21.3. The fraction of sp³-hybridized carbons (Fsp3) is 0.485. The topological polar surface area (TPSA) is 128 Å². The van der Waals surface area contributed by atoms with E-state index in [1.807, 2.05) is 20.8 Å². The van der Waals surface area contributed by atoms with Crippen molar-refractivity contribution in [2.24, 2.45) is 5.41 Å². The summed E-state index contributed by atoms with van der Waals surface area (Å²) in [5.74, 6) is -1.28. The molecule has 1 fully saturated rings. The Morgan fingerprint density at radius 2 is 1.80 bits per heavy atom. The van der Waals surface area contributed by atoms with E-state index >= 15 is 0 Å². The molecule has 11 nitrogen and oxygen atoms in total. The highest BCUT2D eigenvalue weighted by Crippen LogP contribution is 2.27. The third-order valence-corrected chi connectivity index (χ3v) is 8.18. The number of nitrogens with one attached hydrogen (secondary N) is 3. The molecule has 4 amide bonds. The van der Waals surface area contributed by atoms with E-state index in [2.05, 4.69) is 20.9 Å². The van der Waals surface area contributed by atoms with Crippen molar-refractivity contribution in [3.05, 3.63) is 65.9 Å². The maximum Gasteiger partial charge on any atom is 0.274 e. The molecule has 1 aromatic carbocycles. The Labute approximate surface area is 263 Å². The van der Waals surface area contributed by atoms with Gasteiger partial charge in [0.25, 0.3) is 5.91 Å². The van der Waals surface area contributed by atoms with Crippen LogP contribution in [-0.4, -0.2) is 87.6 Å². The summed E-state index contributed by atoms with van der Waals surface area (Å²) in [6.45, 7) is 10.0. The SMILES string of the molecule is CNC(C)C(=O)NC(C(=O)N1CCCC1CN(CCc1ccc(F)cc1)C(=O)c1cn2cc(NC(C)=O)ccc2n1)C(C)(C)C. The molecule has 0 spiro atoms. The highest BCUT2D eigenvalue weighted by Gasteiger charge is 2.41. The summed E-state index contributed by atoms with van der Waals surface area (Å²) < 4.78 is 15.2. The van der Waals surface area contributed by atoms with E-state index in [1.165, 1.54) is 19.1 Å². The van der Waals surface area contributed by atoms with E-state index in [0.29, 0.717) is 37.3 Å². The molecule has 1 saturated heterocycles. The fourth-order valence-corrected chi connectivity index (χ4v) is 5.51. The number of likely N-dealkylation sites (tertiary alicyclic amines) is 1. The van der Waals surface area contributed by atoms with E-state index in [4.69, 9.17) is 0 Å². The van der Waals surface area contributed by atoms with E-state index in [0.717, 1.165) is 12.0 Å². The molecule has 1 aliphatic rings. The van der Waals surface area contributed by atoms with Crippen molar-refractivity contribution < 1.29 is 23.6 Å². The van der Waals surface area contributed by atoms with E-state index < -0.39 is 17.5 Å². The number of carbonyl (C=O) groups excluding carboxylic acids is 4. The second kappa shape index (κ2) is 14.2. The molecule has 3 atom stereocenters. The van der Waals surface area contributed by atoms with Gasteiger partial charge < -0.3 is 30.2 Å². The highest BCUT2D eigenvalue weighted by molar-refractivity contribution is 5.94.